The largest absolute Gasteiger partial charge is 0.463 e. The number of carbonyl (C=O) groups is 4. The molecule has 3 heterocycles. The second-order valence-electron chi connectivity index (χ2n) is 11.4. The van der Waals surface area contributed by atoms with Gasteiger partial charge >= 0.3 is 24.0 Å². The second-order valence-corrected chi connectivity index (χ2v) is 11.4. The van der Waals surface area contributed by atoms with Crippen molar-refractivity contribution in [3.05, 3.63) is 41.2 Å². The monoisotopic (exact) mass is 613 g/mol. The van der Waals surface area contributed by atoms with Crippen molar-refractivity contribution in [3.63, 3.8) is 0 Å². The van der Waals surface area contributed by atoms with Crippen LogP contribution in [0.25, 0.3) is 11.2 Å². The minimum atomic E-state index is -1.07. The Labute approximate surface area is 253 Å². The van der Waals surface area contributed by atoms with Gasteiger partial charge in [0, 0.05) is 44.4 Å². The number of anilines is 1. The van der Waals surface area contributed by atoms with Crippen LogP contribution < -0.4 is 10.1 Å². The SMILES string of the molecule is COC(CCn1cnc2c(NC(=O)C3CCC(=O)O3)nc(F)nc21)COC(=O)CC(C)(C)c1c(C)cc(C)cc1OC(C)=O. The highest BCUT2D eigenvalue weighted by atomic mass is 19.1. The van der Waals surface area contributed by atoms with Gasteiger partial charge in [-0.05, 0) is 37.5 Å². The van der Waals surface area contributed by atoms with Gasteiger partial charge in [-0.15, -0.1) is 0 Å². The number of methoxy groups -OCH3 is 1. The zero-order chi connectivity index (χ0) is 32.2. The molecule has 0 bridgehead atoms. The molecule has 1 N–H and O–H groups in total. The maximum Gasteiger partial charge on any atom is 0.312 e. The fourth-order valence-corrected chi connectivity index (χ4v) is 5.35. The van der Waals surface area contributed by atoms with Crippen LogP contribution in [0.2, 0.25) is 0 Å². The van der Waals surface area contributed by atoms with E-state index in [4.69, 9.17) is 18.9 Å². The number of carbonyl (C=O) groups excluding carboxylic acids is 4. The number of benzene rings is 1. The van der Waals surface area contributed by atoms with Crippen LogP contribution in [0.3, 0.4) is 0 Å². The number of imidazole rings is 1. The first-order valence-corrected chi connectivity index (χ1v) is 14.1. The van der Waals surface area contributed by atoms with Crippen LogP contribution in [0.5, 0.6) is 5.75 Å². The molecule has 2 aromatic heterocycles. The lowest BCUT2D eigenvalue weighted by Crippen LogP contribution is -2.28. The number of rotatable bonds is 12. The van der Waals surface area contributed by atoms with Gasteiger partial charge in [0.15, 0.2) is 23.1 Å². The predicted molar refractivity (Wildman–Crippen MR) is 154 cm³/mol. The third-order valence-electron chi connectivity index (χ3n) is 7.27. The predicted octanol–water partition coefficient (Wildman–Crippen LogP) is 3.47. The molecule has 1 aliphatic heterocycles. The average molecular weight is 614 g/mol. The fraction of sp³-hybridized carbons (Fsp3) is 0.500. The molecule has 44 heavy (non-hydrogen) atoms. The highest BCUT2D eigenvalue weighted by Crippen LogP contribution is 2.38. The quantitative estimate of drug-likeness (QED) is 0.181. The van der Waals surface area contributed by atoms with Gasteiger partial charge in [-0.1, -0.05) is 19.9 Å². The van der Waals surface area contributed by atoms with Crippen molar-refractivity contribution < 1.29 is 42.5 Å². The first-order valence-electron chi connectivity index (χ1n) is 14.1. The highest BCUT2D eigenvalue weighted by molar-refractivity contribution is 6.00. The maximum absolute atomic E-state index is 14.3. The van der Waals surface area contributed by atoms with E-state index in [-0.39, 0.29) is 49.4 Å². The van der Waals surface area contributed by atoms with Gasteiger partial charge in [-0.3, -0.25) is 19.2 Å². The Morgan fingerprint density at radius 3 is 2.64 bits per heavy atom. The molecule has 1 fully saturated rings. The first kappa shape index (κ1) is 32.5. The summed E-state index contributed by atoms with van der Waals surface area (Å²) in [6.07, 6.45) is -0.399. The number of hydrogen-bond donors (Lipinski definition) is 1. The standard InChI is InChI=1S/C30H36FN5O8/c1-16-11-17(2)24(21(12-16)43-18(3)37)30(4,5)13-23(39)42-14-19(41-6)9-10-36-15-32-25-26(34-29(31)35-27(25)36)33-28(40)20-7-8-22(38)44-20/h11-12,15,19-20H,7-10,13-14H2,1-6H3,(H,33,34,35,40). The number of fused-ring (bicyclic) bond motifs is 1. The van der Waals surface area contributed by atoms with Crippen LogP contribution in [-0.2, 0) is 45.3 Å². The van der Waals surface area contributed by atoms with Crippen molar-refractivity contribution in [2.45, 2.75) is 84.5 Å². The number of nitrogens with one attached hydrogen (secondary N) is 1. The summed E-state index contributed by atoms with van der Waals surface area (Å²) in [5, 5.41) is 2.47. The van der Waals surface area contributed by atoms with E-state index in [0.29, 0.717) is 12.2 Å². The number of ether oxygens (including phenoxy) is 4. The molecule has 1 aliphatic rings. The molecule has 0 spiro atoms. The molecule has 3 aromatic rings. The topological polar surface area (TPSA) is 161 Å². The van der Waals surface area contributed by atoms with E-state index in [9.17, 15) is 23.6 Å². The minimum Gasteiger partial charge on any atom is -0.463 e. The Balaban J connectivity index is 1.38. The Bertz CT molecular complexity index is 1590. The van der Waals surface area contributed by atoms with Crippen LogP contribution in [-0.4, -0.2) is 69.3 Å². The number of nitrogens with zero attached hydrogens (tertiary/aromatic N) is 4. The molecule has 1 aromatic carbocycles. The molecule has 1 saturated heterocycles. The lowest BCUT2D eigenvalue weighted by atomic mass is 9.78. The van der Waals surface area contributed by atoms with E-state index in [1.54, 1.807) is 10.6 Å². The summed E-state index contributed by atoms with van der Waals surface area (Å²) in [6, 6.07) is 3.74. The van der Waals surface area contributed by atoms with E-state index < -0.39 is 47.5 Å². The van der Waals surface area contributed by atoms with Crippen LogP contribution in [0.1, 0.15) is 63.1 Å². The van der Waals surface area contributed by atoms with Crippen LogP contribution >= 0.6 is 0 Å². The number of halogens is 1. The van der Waals surface area contributed by atoms with Gasteiger partial charge in [0.1, 0.15) is 12.4 Å². The van der Waals surface area contributed by atoms with Gasteiger partial charge < -0.3 is 28.8 Å². The maximum atomic E-state index is 14.3. The molecule has 2 atom stereocenters. The summed E-state index contributed by atoms with van der Waals surface area (Å²) in [6.45, 7) is 9.15. The zero-order valence-electron chi connectivity index (χ0n) is 25.6. The summed E-state index contributed by atoms with van der Waals surface area (Å²) >= 11 is 0. The Morgan fingerprint density at radius 2 is 1.98 bits per heavy atom. The summed E-state index contributed by atoms with van der Waals surface area (Å²) < 4.78 is 37.4. The van der Waals surface area contributed by atoms with Crippen molar-refractivity contribution in [2.24, 2.45) is 0 Å². The normalized spacial score (nSPS) is 15.6. The average Bonchev–Trinajstić information content (AvgIpc) is 3.53. The summed E-state index contributed by atoms with van der Waals surface area (Å²) in [5.41, 5.74) is 2.17. The fourth-order valence-electron chi connectivity index (χ4n) is 5.35. The van der Waals surface area contributed by atoms with E-state index in [1.807, 2.05) is 33.8 Å². The molecule has 0 aliphatic carbocycles. The summed E-state index contributed by atoms with van der Waals surface area (Å²) in [5.74, 6) is -1.74. The smallest absolute Gasteiger partial charge is 0.312 e. The summed E-state index contributed by atoms with van der Waals surface area (Å²) in [7, 11) is 1.49. The molecule has 0 radical (unpaired) electrons. The van der Waals surface area contributed by atoms with Gasteiger partial charge in [0.25, 0.3) is 5.91 Å². The zero-order valence-corrected chi connectivity index (χ0v) is 25.6. The lowest BCUT2D eigenvalue weighted by Gasteiger charge is -2.29. The molecule has 1 amide bonds. The molecule has 0 saturated carbocycles. The molecule has 4 rings (SSSR count). The lowest BCUT2D eigenvalue weighted by molar-refractivity contribution is -0.148. The van der Waals surface area contributed by atoms with Crippen molar-refractivity contribution >= 4 is 40.8 Å². The number of hydrogen-bond acceptors (Lipinski definition) is 11. The Hall–Kier alpha value is -4.46. The van der Waals surface area contributed by atoms with Crippen LogP contribution in [0, 0.1) is 19.9 Å². The first-order chi connectivity index (χ1) is 20.8. The third kappa shape index (κ3) is 7.73. The van der Waals surface area contributed by atoms with Gasteiger partial charge in [0.05, 0.1) is 18.9 Å². The number of aryl methyl sites for hydroxylation is 3. The third-order valence-corrected chi connectivity index (χ3v) is 7.27. The van der Waals surface area contributed by atoms with E-state index >= 15 is 0 Å². The molecule has 2 unspecified atom stereocenters. The molecule has 13 nitrogen and oxygen atoms in total. The number of cyclic esters (lactones) is 1. The van der Waals surface area contributed by atoms with Crippen molar-refractivity contribution in [2.75, 3.05) is 19.0 Å². The van der Waals surface area contributed by atoms with Gasteiger partial charge in [-0.2, -0.15) is 14.4 Å². The van der Waals surface area contributed by atoms with Crippen molar-refractivity contribution in [3.8, 4) is 5.75 Å². The molecular formula is C30H36FN5O8. The highest BCUT2D eigenvalue weighted by Gasteiger charge is 2.32. The van der Waals surface area contributed by atoms with Crippen molar-refractivity contribution in [1.29, 1.82) is 0 Å². The number of aromatic nitrogens is 4. The van der Waals surface area contributed by atoms with E-state index in [1.165, 1.54) is 20.4 Å². The van der Waals surface area contributed by atoms with Crippen LogP contribution in [0.15, 0.2) is 18.5 Å². The molecule has 236 valence electrons. The Morgan fingerprint density at radius 1 is 1.23 bits per heavy atom. The molecule has 14 heteroatoms. The van der Waals surface area contributed by atoms with E-state index in [0.717, 1.165) is 16.7 Å². The van der Waals surface area contributed by atoms with Crippen LogP contribution in [0.4, 0.5) is 10.2 Å². The minimum absolute atomic E-state index is 0.0263. The second kappa shape index (κ2) is 13.5. The number of esters is 3. The van der Waals surface area contributed by atoms with Gasteiger partial charge in [0.2, 0.25) is 0 Å². The van der Waals surface area contributed by atoms with E-state index in [2.05, 4.69) is 20.3 Å². The van der Waals surface area contributed by atoms with Crippen molar-refractivity contribution in [1.82, 2.24) is 19.5 Å². The van der Waals surface area contributed by atoms with Gasteiger partial charge in [-0.25, -0.2) is 4.98 Å². The summed E-state index contributed by atoms with van der Waals surface area (Å²) in [4.78, 5) is 60.2. The number of amides is 1. The Kier molecular flexibility index (Phi) is 9.92. The molecular weight excluding hydrogens is 577 g/mol.